The molecule has 29 heavy (non-hydrogen) atoms. The number of aromatic nitrogens is 1. The molecule has 0 saturated heterocycles. The Morgan fingerprint density at radius 1 is 1.14 bits per heavy atom. The molecule has 7 heteroatoms. The van der Waals surface area contributed by atoms with Gasteiger partial charge in [0.15, 0.2) is 14.6 Å². The third kappa shape index (κ3) is 3.46. The van der Waals surface area contributed by atoms with Gasteiger partial charge in [0.2, 0.25) is 0 Å². The number of rotatable bonds is 5. The lowest BCUT2D eigenvalue weighted by molar-refractivity contribution is -0.148. The van der Waals surface area contributed by atoms with E-state index in [9.17, 15) is 13.2 Å². The maximum Gasteiger partial charge on any atom is 0.328 e. The van der Waals surface area contributed by atoms with Crippen molar-refractivity contribution >= 4 is 37.4 Å². The summed E-state index contributed by atoms with van der Waals surface area (Å²) in [7, 11) is -3.87. The lowest BCUT2D eigenvalue weighted by atomic mass is 10.1. The molecule has 0 amide bonds. The Morgan fingerprint density at radius 2 is 1.86 bits per heavy atom. The van der Waals surface area contributed by atoms with E-state index in [4.69, 9.17) is 4.74 Å². The van der Waals surface area contributed by atoms with E-state index < -0.39 is 20.6 Å². The SMILES string of the molecule is Cc1ccc(C)c(S(=O)(=O)C2(C(=O)OCc3nc4ccccc4s3)CCCC2)c1. The third-order valence-corrected chi connectivity index (χ3v) is 9.23. The number of ether oxygens (including phenoxy) is 1. The standard InChI is InChI=1S/C22H23NO4S2/c1-15-9-10-16(2)19(13-15)29(25,26)22(11-5-6-12-22)21(24)27-14-20-23-17-7-3-4-8-18(17)28-20/h3-4,7-10,13H,5-6,11-12,14H2,1-2H3. The Hall–Kier alpha value is -2.25. The van der Waals surface area contributed by atoms with Crippen LogP contribution in [0.15, 0.2) is 47.4 Å². The number of carbonyl (C=O) groups is 1. The molecule has 1 saturated carbocycles. The average molecular weight is 430 g/mol. The Bertz CT molecular complexity index is 1140. The summed E-state index contributed by atoms with van der Waals surface area (Å²) in [6, 6.07) is 13.0. The molecule has 1 aromatic heterocycles. The van der Waals surface area contributed by atoms with Gasteiger partial charge in [0.1, 0.15) is 11.6 Å². The van der Waals surface area contributed by atoms with Crippen molar-refractivity contribution in [3.05, 3.63) is 58.6 Å². The van der Waals surface area contributed by atoms with E-state index in [1.165, 1.54) is 11.3 Å². The van der Waals surface area contributed by atoms with E-state index in [1.54, 1.807) is 19.1 Å². The second-order valence-corrected chi connectivity index (χ2v) is 11.0. The molecule has 0 N–H and O–H groups in total. The first-order valence-electron chi connectivity index (χ1n) is 9.67. The molecule has 1 aliphatic carbocycles. The Balaban J connectivity index is 1.63. The van der Waals surface area contributed by atoms with Crippen molar-refractivity contribution in [1.29, 1.82) is 0 Å². The summed E-state index contributed by atoms with van der Waals surface area (Å²) < 4.78 is 32.3. The molecule has 2 aromatic carbocycles. The van der Waals surface area contributed by atoms with Crippen LogP contribution in [0, 0.1) is 13.8 Å². The molecule has 3 aromatic rings. The first kappa shape index (κ1) is 20.0. The van der Waals surface area contributed by atoms with Gasteiger partial charge < -0.3 is 4.74 Å². The number of esters is 1. The lowest BCUT2D eigenvalue weighted by Gasteiger charge is -2.27. The van der Waals surface area contributed by atoms with Crippen molar-refractivity contribution in [2.45, 2.75) is 55.8 Å². The predicted octanol–water partition coefficient (Wildman–Crippen LogP) is 4.74. The van der Waals surface area contributed by atoms with Crippen LogP contribution in [-0.4, -0.2) is 24.1 Å². The number of thiazole rings is 1. The molecular formula is C22H23NO4S2. The van der Waals surface area contributed by atoms with Crippen LogP contribution >= 0.6 is 11.3 Å². The highest BCUT2D eigenvalue weighted by Gasteiger charge is 2.54. The average Bonchev–Trinajstić information content (AvgIpc) is 3.35. The van der Waals surface area contributed by atoms with E-state index in [-0.39, 0.29) is 11.5 Å². The van der Waals surface area contributed by atoms with Crippen LogP contribution in [-0.2, 0) is 26.0 Å². The summed E-state index contributed by atoms with van der Waals surface area (Å²) in [4.78, 5) is 17.9. The fraction of sp³-hybridized carbons (Fsp3) is 0.364. The van der Waals surface area contributed by atoms with E-state index in [2.05, 4.69) is 4.98 Å². The van der Waals surface area contributed by atoms with Gasteiger partial charge in [-0.15, -0.1) is 11.3 Å². The first-order chi connectivity index (χ1) is 13.8. The molecule has 0 unspecified atom stereocenters. The van der Waals surface area contributed by atoms with Crippen LogP contribution in [0.4, 0.5) is 0 Å². The maximum absolute atomic E-state index is 13.6. The number of hydrogen-bond donors (Lipinski definition) is 0. The van der Waals surface area contributed by atoms with Gasteiger partial charge in [-0.2, -0.15) is 0 Å². The van der Waals surface area contributed by atoms with Gasteiger partial charge in [0.05, 0.1) is 15.1 Å². The molecule has 0 radical (unpaired) electrons. The summed E-state index contributed by atoms with van der Waals surface area (Å²) >= 11 is 1.45. The van der Waals surface area contributed by atoms with Crippen LogP contribution in [0.2, 0.25) is 0 Å². The molecule has 0 atom stereocenters. The number of benzene rings is 2. The quantitative estimate of drug-likeness (QED) is 0.548. The van der Waals surface area contributed by atoms with Gasteiger partial charge in [-0.25, -0.2) is 13.4 Å². The Kier molecular flexibility index (Phi) is 5.21. The summed E-state index contributed by atoms with van der Waals surface area (Å²) in [5, 5.41) is 0.664. The second kappa shape index (κ2) is 7.54. The fourth-order valence-electron chi connectivity index (χ4n) is 3.98. The van der Waals surface area contributed by atoms with Crippen molar-refractivity contribution in [2.75, 3.05) is 0 Å². The van der Waals surface area contributed by atoms with Crippen LogP contribution in [0.3, 0.4) is 0 Å². The minimum Gasteiger partial charge on any atom is -0.457 e. The van der Waals surface area contributed by atoms with Crippen LogP contribution in [0.5, 0.6) is 0 Å². The van der Waals surface area contributed by atoms with Crippen molar-refractivity contribution in [1.82, 2.24) is 4.98 Å². The highest BCUT2D eigenvalue weighted by atomic mass is 32.2. The van der Waals surface area contributed by atoms with Gasteiger partial charge >= 0.3 is 5.97 Å². The van der Waals surface area contributed by atoms with Gasteiger partial charge in [0.25, 0.3) is 0 Å². The van der Waals surface area contributed by atoms with E-state index in [0.717, 1.165) is 15.8 Å². The molecule has 1 heterocycles. The van der Waals surface area contributed by atoms with Crippen molar-refractivity contribution < 1.29 is 17.9 Å². The van der Waals surface area contributed by atoms with Gasteiger partial charge in [-0.1, -0.05) is 37.1 Å². The monoisotopic (exact) mass is 429 g/mol. The summed E-state index contributed by atoms with van der Waals surface area (Å²) in [6.07, 6.45) is 1.98. The maximum atomic E-state index is 13.6. The highest BCUT2D eigenvalue weighted by Crippen LogP contribution is 2.42. The number of para-hydroxylation sites is 1. The molecule has 1 aliphatic rings. The summed E-state index contributed by atoms with van der Waals surface area (Å²) in [6.45, 7) is 3.61. The number of nitrogens with zero attached hydrogens (tertiary/aromatic N) is 1. The summed E-state index contributed by atoms with van der Waals surface area (Å²) in [5.41, 5.74) is 2.35. The minimum atomic E-state index is -3.87. The summed E-state index contributed by atoms with van der Waals surface area (Å²) in [5.74, 6) is -0.657. The van der Waals surface area contributed by atoms with Gasteiger partial charge in [-0.3, -0.25) is 4.79 Å². The molecule has 5 nitrogen and oxygen atoms in total. The molecule has 152 valence electrons. The zero-order chi connectivity index (χ0) is 20.6. The van der Waals surface area contributed by atoms with Crippen molar-refractivity contribution in [3.63, 3.8) is 0 Å². The van der Waals surface area contributed by atoms with Crippen molar-refractivity contribution in [3.8, 4) is 0 Å². The topological polar surface area (TPSA) is 73.3 Å². The van der Waals surface area contributed by atoms with E-state index >= 15 is 0 Å². The lowest BCUT2D eigenvalue weighted by Crippen LogP contribution is -2.45. The third-order valence-electron chi connectivity index (χ3n) is 5.60. The number of hydrogen-bond acceptors (Lipinski definition) is 6. The number of carbonyl (C=O) groups excluding carboxylic acids is 1. The van der Waals surface area contributed by atoms with Gasteiger partial charge in [0, 0.05) is 0 Å². The zero-order valence-corrected chi connectivity index (χ0v) is 18.1. The largest absolute Gasteiger partial charge is 0.457 e. The molecule has 4 rings (SSSR count). The number of sulfone groups is 1. The smallest absolute Gasteiger partial charge is 0.328 e. The first-order valence-corrected chi connectivity index (χ1v) is 12.0. The van der Waals surface area contributed by atoms with Crippen LogP contribution in [0.1, 0.15) is 41.8 Å². The van der Waals surface area contributed by atoms with Crippen LogP contribution in [0.25, 0.3) is 10.2 Å². The Morgan fingerprint density at radius 3 is 2.59 bits per heavy atom. The molecule has 0 spiro atoms. The molecule has 1 fully saturated rings. The fourth-order valence-corrected chi connectivity index (χ4v) is 7.22. The normalized spacial score (nSPS) is 16.2. The molecule has 0 aliphatic heterocycles. The predicted molar refractivity (Wildman–Crippen MR) is 114 cm³/mol. The zero-order valence-electron chi connectivity index (χ0n) is 16.5. The van der Waals surface area contributed by atoms with E-state index in [1.807, 2.05) is 37.3 Å². The van der Waals surface area contributed by atoms with E-state index in [0.29, 0.717) is 36.3 Å². The number of fused-ring (bicyclic) bond motifs is 1. The molecule has 0 bridgehead atoms. The van der Waals surface area contributed by atoms with Crippen LogP contribution < -0.4 is 0 Å². The van der Waals surface area contributed by atoms with Gasteiger partial charge in [-0.05, 0) is 56.0 Å². The second-order valence-electron chi connectivity index (χ2n) is 7.63. The number of aryl methyl sites for hydroxylation is 2. The molecular weight excluding hydrogens is 406 g/mol. The minimum absolute atomic E-state index is 0.0117. The Labute approximate surface area is 174 Å². The van der Waals surface area contributed by atoms with Crippen molar-refractivity contribution in [2.24, 2.45) is 0 Å². The highest BCUT2D eigenvalue weighted by molar-refractivity contribution is 7.93.